The van der Waals surface area contributed by atoms with E-state index in [2.05, 4.69) is 71.3 Å². The number of aldehydes is 1. The normalized spacial score (nSPS) is 16.8. The molecule has 5 nitrogen and oxygen atoms in total. The molecule has 1 aliphatic heterocycles. The molecule has 0 radical (unpaired) electrons. The summed E-state index contributed by atoms with van der Waals surface area (Å²) in [6, 6.07) is 32.9. The number of ether oxygens (including phenoxy) is 1. The number of hydrogen-bond acceptors (Lipinski definition) is 3. The Balaban J connectivity index is 1.49. The van der Waals surface area contributed by atoms with E-state index in [9.17, 15) is 9.59 Å². The van der Waals surface area contributed by atoms with Gasteiger partial charge in [-0.05, 0) is 67.3 Å². The lowest BCUT2D eigenvalue weighted by Gasteiger charge is -2.42. The van der Waals surface area contributed by atoms with Crippen LogP contribution in [0.1, 0.15) is 54.1 Å². The molecule has 196 valence electrons. The Hall–Kier alpha value is -4.38. The van der Waals surface area contributed by atoms with Crippen molar-refractivity contribution in [2.45, 2.75) is 44.2 Å². The van der Waals surface area contributed by atoms with Gasteiger partial charge in [0.05, 0.1) is 13.2 Å². The first-order valence-corrected chi connectivity index (χ1v) is 13.7. The second kappa shape index (κ2) is 10.8. The van der Waals surface area contributed by atoms with E-state index in [4.69, 9.17) is 4.74 Å². The van der Waals surface area contributed by atoms with Crippen LogP contribution < -0.4 is 9.64 Å². The quantitative estimate of drug-likeness (QED) is 0.158. The van der Waals surface area contributed by atoms with Crippen LogP contribution in [0.2, 0.25) is 0 Å². The molecule has 0 fully saturated rings. The predicted molar refractivity (Wildman–Crippen MR) is 157 cm³/mol. The molecule has 0 bridgehead atoms. The highest BCUT2D eigenvalue weighted by atomic mass is 16.5. The number of nitrogens with zero attached hydrogens (tertiary/aromatic N) is 2. The first-order chi connectivity index (χ1) is 19.2. The second-order valence-electron chi connectivity index (χ2n) is 10.2. The Labute approximate surface area is 228 Å². The number of amides is 1. The van der Waals surface area contributed by atoms with Crippen molar-refractivity contribution in [2.75, 3.05) is 12.0 Å². The number of unbranched alkanes of at least 4 members (excludes halogenated alkanes) is 2. The molecule has 0 saturated carbocycles. The van der Waals surface area contributed by atoms with E-state index in [0.29, 0.717) is 12.0 Å². The zero-order chi connectivity index (χ0) is 26.8. The van der Waals surface area contributed by atoms with E-state index in [-0.39, 0.29) is 18.0 Å². The average Bonchev–Trinajstić information content (AvgIpc) is 3.33. The molecule has 0 aliphatic carbocycles. The highest BCUT2D eigenvalue weighted by molar-refractivity contribution is 6.09. The molecule has 2 unspecified atom stereocenters. The molecule has 1 amide bonds. The summed E-state index contributed by atoms with van der Waals surface area (Å²) in [5, 5.41) is 2.48. The standard InChI is InChI=1S/C34H32N2O3/c1-39-26-20-18-24(19-21-26)34(38)35-25(11-3-2-10-22-37)23-33(29-14-6-9-17-32(29)35)36-30-15-7-4-12-27(30)28-13-5-8-16-31(28)36/h4-9,12-22,25,33H,2-3,10-11,23H2,1H3. The van der Waals surface area contributed by atoms with E-state index in [1.165, 1.54) is 21.8 Å². The zero-order valence-corrected chi connectivity index (χ0v) is 22.1. The molecule has 5 aromatic rings. The molecule has 1 aromatic heterocycles. The van der Waals surface area contributed by atoms with Gasteiger partial charge in [-0.15, -0.1) is 0 Å². The van der Waals surface area contributed by atoms with Crippen molar-refractivity contribution in [3.63, 3.8) is 0 Å². The number of fused-ring (bicyclic) bond motifs is 4. The van der Waals surface area contributed by atoms with Crippen LogP contribution in [0, 0.1) is 0 Å². The highest BCUT2D eigenvalue weighted by Crippen LogP contribution is 2.45. The fourth-order valence-corrected chi connectivity index (χ4v) is 6.21. The topological polar surface area (TPSA) is 51.5 Å². The number of aromatic nitrogens is 1. The van der Waals surface area contributed by atoms with Gasteiger partial charge in [-0.2, -0.15) is 0 Å². The number of hydrogen-bond donors (Lipinski definition) is 0. The summed E-state index contributed by atoms with van der Waals surface area (Å²) in [6.45, 7) is 0. The van der Waals surface area contributed by atoms with Gasteiger partial charge in [0.2, 0.25) is 0 Å². The molecule has 4 aromatic carbocycles. The van der Waals surface area contributed by atoms with Gasteiger partial charge in [-0.25, -0.2) is 0 Å². The average molecular weight is 517 g/mol. The Morgan fingerprint density at radius 1 is 0.846 bits per heavy atom. The van der Waals surface area contributed by atoms with E-state index in [0.717, 1.165) is 49.0 Å². The van der Waals surface area contributed by atoms with Gasteiger partial charge in [-0.3, -0.25) is 4.79 Å². The van der Waals surface area contributed by atoms with Crippen LogP contribution in [-0.4, -0.2) is 29.9 Å². The fourth-order valence-electron chi connectivity index (χ4n) is 6.21. The summed E-state index contributed by atoms with van der Waals surface area (Å²) < 4.78 is 7.79. The minimum Gasteiger partial charge on any atom is -0.497 e. The molecule has 0 saturated heterocycles. The number of para-hydroxylation sites is 3. The van der Waals surface area contributed by atoms with Crippen molar-refractivity contribution in [1.29, 1.82) is 0 Å². The van der Waals surface area contributed by atoms with Crippen LogP contribution in [0.15, 0.2) is 97.1 Å². The monoisotopic (exact) mass is 516 g/mol. The van der Waals surface area contributed by atoms with Crippen LogP contribution in [0.25, 0.3) is 21.8 Å². The first kappa shape index (κ1) is 24.9. The Kier molecular flexibility index (Phi) is 6.89. The number of benzene rings is 4. The molecule has 0 spiro atoms. The summed E-state index contributed by atoms with van der Waals surface area (Å²) in [6.07, 6.45) is 4.87. The third-order valence-corrected chi connectivity index (χ3v) is 8.01. The smallest absolute Gasteiger partial charge is 0.258 e. The van der Waals surface area contributed by atoms with Crippen LogP contribution in [0.4, 0.5) is 5.69 Å². The fraction of sp³-hybridized carbons (Fsp3) is 0.235. The van der Waals surface area contributed by atoms with Gasteiger partial charge >= 0.3 is 0 Å². The number of methoxy groups -OCH3 is 1. The summed E-state index contributed by atoms with van der Waals surface area (Å²) in [4.78, 5) is 27.1. The molecule has 5 heteroatoms. The lowest BCUT2D eigenvalue weighted by Crippen LogP contribution is -2.46. The van der Waals surface area contributed by atoms with E-state index in [1.807, 2.05) is 35.2 Å². The Bertz CT molecular complexity index is 1580. The minimum atomic E-state index is -0.00826. The number of rotatable bonds is 8. The van der Waals surface area contributed by atoms with E-state index in [1.54, 1.807) is 7.11 Å². The van der Waals surface area contributed by atoms with Crippen LogP contribution in [0.3, 0.4) is 0 Å². The summed E-state index contributed by atoms with van der Waals surface area (Å²) in [7, 11) is 1.63. The molecule has 1 aliphatic rings. The molecule has 39 heavy (non-hydrogen) atoms. The maximum Gasteiger partial charge on any atom is 0.258 e. The number of carbonyl (C=O) groups is 2. The lowest BCUT2D eigenvalue weighted by atomic mass is 9.87. The second-order valence-corrected chi connectivity index (χ2v) is 10.2. The van der Waals surface area contributed by atoms with Gasteiger partial charge in [-0.1, -0.05) is 61.0 Å². The van der Waals surface area contributed by atoms with Gasteiger partial charge in [0.15, 0.2) is 0 Å². The van der Waals surface area contributed by atoms with Gasteiger partial charge in [0.25, 0.3) is 5.91 Å². The van der Waals surface area contributed by atoms with Crippen LogP contribution in [0.5, 0.6) is 5.75 Å². The maximum absolute atomic E-state index is 14.1. The first-order valence-electron chi connectivity index (χ1n) is 13.7. The molecule has 0 N–H and O–H groups in total. The third-order valence-electron chi connectivity index (χ3n) is 8.01. The molecular weight excluding hydrogens is 484 g/mol. The maximum atomic E-state index is 14.1. The third kappa shape index (κ3) is 4.48. The Morgan fingerprint density at radius 3 is 2.15 bits per heavy atom. The molecule has 6 rings (SSSR count). The summed E-state index contributed by atoms with van der Waals surface area (Å²) >= 11 is 0. The summed E-state index contributed by atoms with van der Waals surface area (Å²) in [5.41, 5.74) is 5.15. The van der Waals surface area contributed by atoms with Gasteiger partial charge in [0.1, 0.15) is 12.0 Å². The van der Waals surface area contributed by atoms with Crippen LogP contribution in [-0.2, 0) is 4.79 Å². The zero-order valence-electron chi connectivity index (χ0n) is 22.1. The van der Waals surface area contributed by atoms with Gasteiger partial charge in [0, 0.05) is 45.5 Å². The SMILES string of the molecule is COc1ccc(C(=O)N2c3ccccc3C(n3c4ccccc4c4ccccc43)CC2CCCCC=O)cc1. The largest absolute Gasteiger partial charge is 0.497 e. The highest BCUT2D eigenvalue weighted by Gasteiger charge is 2.37. The molecule has 2 atom stereocenters. The summed E-state index contributed by atoms with van der Waals surface area (Å²) in [5.74, 6) is 0.716. The van der Waals surface area contributed by atoms with Crippen molar-refractivity contribution in [3.05, 3.63) is 108 Å². The van der Waals surface area contributed by atoms with Crippen molar-refractivity contribution >= 4 is 39.7 Å². The molecular formula is C34H32N2O3. The minimum absolute atomic E-state index is 0.00818. The van der Waals surface area contributed by atoms with Gasteiger partial charge < -0.3 is 19.0 Å². The van der Waals surface area contributed by atoms with Crippen LogP contribution >= 0.6 is 0 Å². The predicted octanol–water partition coefficient (Wildman–Crippen LogP) is 7.57. The van der Waals surface area contributed by atoms with E-state index >= 15 is 0 Å². The Morgan fingerprint density at radius 2 is 1.49 bits per heavy atom. The van der Waals surface area contributed by atoms with E-state index < -0.39 is 0 Å². The van der Waals surface area contributed by atoms with Crippen molar-refractivity contribution in [2.24, 2.45) is 0 Å². The molecule has 2 heterocycles. The van der Waals surface area contributed by atoms with Crippen molar-refractivity contribution < 1.29 is 14.3 Å². The lowest BCUT2D eigenvalue weighted by molar-refractivity contribution is -0.107. The number of carbonyl (C=O) groups excluding carboxylic acids is 2. The van der Waals surface area contributed by atoms with Crippen molar-refractivity contribution in [3.8, 4) is 5.75 Å². The van der Waals surface area contributed by atoms with Crippen molar-refractivity contribution in [1.82, 2.24) is 4.57 Å². The number of anilines is 1.